The van der Waals surface area contributed by atoms with Crippen LogP contribution in [0.25, 0.3) is 10.9 Å². The Hall–Kier alpha value is -2.67. The molecule has 1 aromatic heterocycles. The summed E-state index contributed by atoms with van der Waals surface area (Å²) in [5.41, 5.74) is 1.48. The summed E-state index contributed by atoms with van der Waals surface area (Å²) < 4.78 is 5.54. The lowest BCUT2D eigenvalue weighted by Gasteiger charge is -2.50. The first-order chi connectivity index (χ1) is 14.7. The molecule has 0 saturated carbocycles. The van der Waals surface area contributed by atoms with Crippen molar-refractivity contribution >= 4 is 16.8 Å². The molecule has 6 heteroatoms. The second-order valence-electron chi connectivity index (χ2n) is 8.20. The van der Waals surface area contributed by atoms with Crippen LogP contribution in [0.15, 0.2) is 60.8 Å². The highest BCUT2D eigenvalue weighted by Gasteiger charge is 2.47. The van der Waals surface area contributed by atoms with Crippen molar-refractivity contribution in [2.45, 2.75) is 18.1 Å². The zero-order valence-corrected chi connectivity index (χ0v) is 17.0. The SMILES string of the molecule is O=C(c1cccc2cc[nH]c12)N1CC[C@](O)(c2ccccc2)[C@H](N2CCOCC2)C1. The van der Waals surface area contributed by atoms with Crippen LogP contribution in [-0.2, 0) is 10.3 Å². The van der Waals surface area contributed by atoms with Crippen LogP contribution in [-0.4, -0.2) is 71.2 Å². The minimum absolute atomic E-state index is 0.0106. The molecule has 2 aliphatic rings. The van der Waals surface area contributed by atoms with Crippen LogP contribution >= 0.6 is 0 Å². The summed E-state index contributed by atoms with van der Waals surface area (Å²) in [5, 5.41) is 12.9. The van der Waals surface area contributed by atoms with E-state index in [1.165, 1.54) is 0 Å². The van der Waals surface area contributed by atoms with Gasteiger partial charge >= 0.3 is 0 Å². The number of para-hydroxylation sites is 1. The highest BCUT2D eigenvalue weighted by atomic mass is 16.5. The van der Waals surface area contributed by atoms with Crippen LogP contribution in [0.4, 0.5) is 0 Å². The van der Waals surface area contributed by atoms with Gasteiger partial charge in [-0.3, -0.25) is 9.69 Å². The third kappa shape index (κ3) is 3.31. The number of benzene rings is 2. The van der Waals surface area contributed by atoms with E-state index < -0.39 is 5.60 Å². The van der Waals surface area contributed by atoms with Crippen LogP contribution in [0.2, 0.25) is 0 Å². The van der Waals surface area contributed by atoms with Crippen LogP contribution in [0.1, 0.15) is 22.3 Å². The van der Waals surface area contributed by atoms with E-state index in [1.807, 2.05) is 65.7 Å². The molecule has 5 rings (SSSR count). The molecule has 2 aromatic carbocycles. The highest BCUT2D eigenvalue weighted by molar-refractivity contribution is 6.05. The van der Waals surface area contributed by atoms with Gasteiger partial charge in [-0.15, -0.1) is 0 Å². The molecule has 0 spiro atoms. The Balaban J connectivity index is 1.47. The third-order valence-corrected chi connectivity index (χ3v) is 6.57. The molecule has 2 atom stereocenters. The van der Waals surface area contributed by atoms with Crippen LogP contribution in [0.5, 0.6) is 0 Å². The molecule has 3 aromatic rings. The van der Waals surface area contributed by atoms with Gasteiger partial charge in [-0.25, -0.2) is 0 Å². The number of aromatic amines is 1. The number of hydrogen-bond acceptors (Lipinski definition) is 4. The number of amides is 1. The molecule has 3 heterocycles. The average Bonchev–Trinajstić information content (AvgIpc) is 3.29. The maximum absolute atomic E-state index is 13.5. The molecule has 1 amide bonds. The largest absolute Gasteiger partial charge is 0.383 e. The molecule has 6 nitrogen and oxygen atoms in total. The van der Waals surface area contributed by atoms with E-state index in [9.17, 15) is 9.90 Å². The number of morpholine rings is 1. The highest BCUT2D eigenvalue weighted by Crippen LogP contribution is 2.37. The lowest BCUT2D eigenvalue weighted by Crippen LogP contribution is -2.63. The molecule has 2 saturated heterocycles. The Morgan fingerprint density at radius 3 is 2.63 bits per heavy atom. The maximum atomic E-state index is 13.5. The van der Waals surface area contributed by atoms with Gasteiger partial charge in [0.2, 0.25) is 0 Å². The van der Waals surface area contributed by atoms with Crippen molar-refractivity contribution in [3.05, 3.63) is 71.9 Å². The number of H-pyrrole nitrogens is 1. The zero-order valence-electron chi connectivity index (χ0n) is 17.0. The predicted octanol–water partition coefficient (Wildman–Crippen LogP) is 2.60. The number of rotatable bonds is 3. The Kier molecular flexibility index (Phi) is 5.06. The summed E-state index contributed by atoms with van der Waals surface area (Å²) in [6.07, 6.45) is 2.37. The number of aromatic nitrogens is 1. The fourth-order valence-electron chi connectivity index (χ4n) is 4.91. The van der Waals surface area contributed by atoms with Crippen molar-refractivity contribution in [1.82, 2.24) is 14.8 Å². The molecule has 2 aliphatic heterocycles. The van der Waals surface area contributed by atoms with Crippen LogP contribution in [0, 0.1) is 0 Å². The van der Waals surface area contributed by atoms with E-state index in [0.29, 0.717) is 38.3 Å². The quantitative estimate of drug-likeness (QED) is 0.703. The first-order valence-corrected chi connectivity index (χ1v) is 10.6. The summed E-state index contributed by atoms with van der Waals surface area (Å²) in [4.78, 5) is 20.8. The molecule has 0 unspecified atom stereocenters. The molecule has 2 fully saturated rings. The number of piperidine rings is 1. The van der Waals surface area contributed by atoms with Gasteiger partial charge in [-0.1, -0.05) is 42.5 Å². The van der Waals surface area contributed by atoms with Gasteiger partial charge in [0.05, 0.1) is 30.3 Å². The summed E-state index contributed by atoms with van der Waals surface area (Å²) in [5.74, 6) is 0.0106. The lowest BCUT2D eigenvalue weighted by molar-refractivity contribution is -0.112. The van der Waals surface area contributed by atoms with Gasteiger partial charge in [-0.05, 0) is 24.1 Å². The maximum Gasteiger partial charge on any atom is 0.256 e. The number of carbonyl (C=O) groups excluding carboxylic acids is 1. The lowest BCUT2D eigenvalue weighted by atomic mass is 9.79. The number of nitrogens with zero attached hydrogens (tertiary/aromatic N) is 2. The summed E-state index contributed by atoms with van der Waals surface area (Å²) >= 11 is 0. The number of hydrogen-bond donors (Lipinski definition) is 2. The van der Waals surface area contributed by atoms with E-state index in [2.05, 4.69) is 9.88 Å². The standard InChI is InChI=1S/C24H27N3O3/c28-23(20-8-4-5-18-9-11-25-22(18)20)27-12-10-24(29,19-6-2-1-3-7-19)21(17-27)26-13-15-30-16-14-26/h1-9,11,21,25,29H,10,12-17H2/t21-,24+/m1/s1. The molecule has 156 valence electrons. The minimum Gasteiger partial charge on any atom is -0.383 e. The zero-order chi connectivity index (χ0) is 20.6. The third-order valence-electron chi connectivity index (χ3n) is 6.57. The summed E-state index contributed by atoms with van der Waals surface area (Å²) in [7, 11) is 0. The molecule has 0 radical (unpaired) electrons. The van der Waals surface area contributed by atoms with E-state index >= 15 is 0 Å². The van der Waals surface area contributed by atoms with Crippen molar-refractivity contribution in [3.63, 3.8) is 0 Å². The monoisotopic (exact) mass is 405 g/mol. The van der Waals surface area contributed by atoms with Crippen LogP contribution < -0.4 is 0 Å². The number of ether oxygens (including phenoxy) is 1. The van der Waals surface area contributed by atoms with E-state index in [0.717, 1.165) is 29.6 Å². The van der Waals surface area contributed by atoms with Gasteiger partial charge in [0.25, 0.3) is 5.91 Å². The van der Waals surface area contributed by atoms with Gasteiger partial charge in [0.1, 0.15) is 5.60 Å². The number of nitrogens with one attached hydrogen (secondary N) is 1. The topological polar surface area (TPSA) is 68.8 Å². The van der Waals surface area contributed by atoms with Crippen molar-refractivity contribution in [1.29, 1.82) is 0 Å². The summed E-state index contributed by atoms with van der Waals surface area (Å²) in [6.45, 7) is 3.82. The normalized spacial score (nSPS) is 25.5. The Morgan fingerprint density at radius 1 is 1.03 bits per heavy atom. The molecular formula is C24H27N3O3. The Morgan fingerprint density at radius 2 is 1.83 bits per heavy atom. The Bertz CT molecular complexity index is 1030. The molecule has 0 bridgehead atoms. The number of aliphatic hydroxyl groups is 1. The fraction of sp³-hybridized carbons (Fsp3) is 0.375. The first kappa shape index (κ1) is 19.3. The first-order valence-electron chi connectivity index (χ1n) is 10.6. The number of carbonyl (C=O) groups is 1. The molecule has 2 N–H and O–H groups in total. The number of likely N-dealkylation sites (tertiary alicyclic amines) is 1. The molecule has 30 heavy (non-hydrogen) atoms. The average molecular weight is 405 g/mol. The number of fused-ring (bicyclic) bond motifs is 1. The van der Waals surface area contributed by atoms with Gasteiger partial charge in [0.15, 0.2) is 0 Å². The summed E-state index contributed by atoms with van der Waals surface area (Å²) in [6, 6.07) is 17.5. The second kappa shape index (κ2) is 7.87. The predicted molar refractivity (Wildman–Crippen MR) is 115 cm³/mol. The van der Waals surface area contributed by atoms with Crippen molar-refractivity contribution in [3.8, 4) is 0 Å². The van der Waals surface area contributed by atoms with Crippen molar-refractivity contribution in [2.24, 2.45) is 0 Å². The van der Waals surface area contributed by atoms with Gasteiger partial charge in [0, 0.05) is 37.8 Å². The minimum atomic E-state index is -0.992. The van der Waals surface area contributed by atoms with E-state index in [1.54, 1.807) is 0 Å². The Labute approximate surface area is 176 Å². The smallest absolute Gasteiger partial charge is 0.256 e. The second-order valence-corrected chi connectivity index (χ2v) is 8.20. The molecular weight excluding hydrogens is 378 g/mol. The van der Waals surface area contributed by atoms with Crippen molar-refractivity contribution < 1.29 is 14.6 Å². The van der Waals surface area contributed by atoms with E-state index in [4.69, 9.17) is 4.74 Å². The van der Waals surface area contributed by atoms with Crippen LogP contribution in [0.3, 0.4) is 0 Å². The fourth-order valence-corrected chi connectivity index (χ4v) is 4.91. The van der Waals surface area contributed by atoms with Gasteiger partial charge < -0.3 is 19.7 Å². The van der Waals surface area contributed by atoms with Crippen molar-refractivity contribution in [2.75, 3.05) is 39.4 Å². The van der Waals surface area contributed by atoms with E-state index in [-0.39, 0.29) is 11.9 Å². The molecule has 0 aliphatic carbocycles. The van der Waals surface area contributed by atoms with Gasteiger partial charge in [-0.2, -0.15) is 0 Å².